The lowest BCUT2D eigenvalue weighted by Crippen LogP contribution is -2.20. The summed E-state index contributed by atoms with van der Waals surface area (Å²) >= 11 is 0. The Bertz CT molecular complexity index is 970. The summed E-state index contributed by atoms with van der Waals surface area (Å²) in [6.45, 7) is 0. The normalized spacial score (nSPS) is 11.4. The molecule has 0 saturated heterocycles. The molecule has 0 bridgehead atoms. The van der Waals surface area contributed by atoms with Crippen LogP contribution in [0.2, 0.25) is 0 Å². The summed E-state index contributed by atoms with van der Waals surface area (Å²) in [5.74, 6) is -1.18. The molecule has 0 heterocycles. The highest BCUT2D eigenvalue weighted by atomic mass is 16.6. The first-order chi connectivity index (χ1) is 13.1. The van der Waals surface area contributed by atoms with Crippen molar-refractivity contribution in [2.75, 3.05) is 0 Å². The van der Waals surface area contributed by atoms with Crippen molar-refractivity contribution in [2.45, 2.75) is 6.10 Å². The van der Waals surface area contributed by atoms with E-state index in [1.807, 2.05) is 0 Å². The average molecular weight is 361 g/mol. The van der Waals surface area contributed by atoms with Gasteiger partial charge in [-0.3, -0.25) is 14.9 Å². The first-order valence-electron chi connectivity index (χ1n) is 8.16. The Balaban J connectivity index is 1.92. The maximum atomic E-state index is 12.9. The minimum Gasteiger partial charge on any atom is -0.445 e. The third-order valence-electron chi connectivity index (χ3n) is 3.92. The molecule has 0 aromatic heterocycles. The highest BCUT2D eigenvalue weighted by molar-refractivity contribution is 6.02. The van der Waals surface area contributed by atoms with Gasteiger partial charge in [0.05, 0.1) is 10.5 Å². The molecule has 1 atom stereocenters. The second-order valence-electron chi connectivity index (χ2n) is 5.73. The largest absolute Gasteiger partial charge is 0.445 e. The van der Waals surface area contributed by atoms with Crippen LogP contribution in [0.15, 0.2) is 84.9 Å². The number of esters is 1. The van der Waals surface area contributed by atoms with Crippen LogP contribution in [0.25, 0.3) is 0 Å². The van der Waals surface area contributed by atoms with E-state index in [-0.39, 0.29) is 17.0 Å². The predicted molar refractivity (Wildman–Crippen MR) is 98.5 cm³/mol. The fraction of sp³-hybridized carbons (Fsp3) is 0.0476. The molecular weight excluding hydrogens is 346 g/mol. The Hall–Kier alpha value is -3.80. The number of benzene rings is 3. The van der Waals surface area contributed by atoms with Crippen LogP contribution >= 0.6 is 0 Å². The van der Waals surface area contributed by atoms with Gasteiger partial charge >= 0.3 is 5.97 Å². The van der Waals surface area contributed by atoms with E-state index in [4.69, 9.17) is 4.74 Å². The molecule has 3 aromatic rings. The Morgan fingerprint density at radius 3 is 2.04 bits per heavy atom. The van der Waals surface area contributed by atoms with Gasteiger partial charge in [-0.2, -0.15) is 0 Å². The number of Topliss-reactive ketones (excluding diaryl/α,β-unsaturated/α-hetero) is 1. The van der Waals surface area contributed by atoms with Gasteiger partial charge in [-0.15, -0.1) is 0 Å². The number of rotatable bonds is 6. The van der Waals surface area contributed by atoms with E-state index < -0.39 is 17.0 Å². The van der Waals surface area contributed by atoms with E-state index in [1.165, 1.54) is 18.2 Å². The SMILES string of the molecule is O=C(OC(C(=O)c1ccccc1)c1ccccc1)c1cccc([N+](=O)[O-])c1. The van der Waals surface area contributed by atoms with Crippen molar-refractivity contribution in [3.05, 3.63) is 112 Å². The molecule has 0 aliphatic heterocycles. The van der Waals surface area contributed by atoms with Crippen LogP contribution in [-0.2, 0) is 4.74 Å². The van der Waals surface area contributed by atoms with Gasteiger partial charge in [-0.05, 0) is 6.07 Å². The quantitative estimate of drug-likeness (QED) is 0.281. The Morgan fingerprint density at radius 1 is 0.815 bits per heavy atom. The number of nitro benzene ring substituents is 1. The van der Waals surface area contributed by atoms with Gasteiger partial charge in [-0.1, -0.05) is 66.7 Å². The zero-order valence-corrected chi connectivity index (χ0v) is 14.1. The minimum absolute atomic E-state index is 0.00555. The van der Waals surface area contributed by atoms with Crippen molar-refractivity contribution in [1.29, 1.82) is 0 Å². The number of ether oxygens (including phenoxy) is 1. The van der Waals surface area contributed by atoms with Gasteiger partial charge < -0.3 is 4.74 Å². The van der Waals surface area contributed by atoms with Crippen molar-refractivity contribution in [1.82, 2.24) is 0 Å². The summed E-state index contributed by atoms with van der Waals surface area (Å²) in [5.41, 5.74) is 0.699. The van der Waals surface area contributed by atoms with Gasteiger partial charge in [0.2, 0.25) is 5.78 Å². The van der Waals surface area contributed by atoms with Gasteiger partial charge in [0.25, 0.3) is 5.69 Å². The first-order valence-corrected chi connectivity index (χ1v) is 8.16. The zero-order valence-electron chi connectivity index (χ0n) is 14.1. The average Bonchev–Trinajstić information content (AvgIpc) is 2.72. The van der Waals surface area contributed by atoms with E-state index in [2.05, 4.69) is 0 Å². The van der Waals surface area contributed by atoms with Crippen molar-refractivity contribution in [3.63, 3.8) is 0 Å². The zero-order chi connectivity index (χ0) is 19.2. The summed E-state index contributed by atoms with van der Waals surface area (Å²) in [6, 6.07) is 22.3. The van der Waals surface area contributed by atoms with Crippen LogP contribution in [0.3, 0.4) is 0 Å². The van der Waals surface area contributed by atoms with Gasteiger partial charge in [-0.25, -0.2) is 4.79 Å². The van der Waals surface area contributed by atoms with Gasteiger partial charge in [0.1, 0.15) is 0 Å². The molecule has 27 heavy (non-hydrogen) atoms. The summed E-state index contributed by atoms with van der Waals surface area (Å²) in [5, 5.41) is 10.9. The Kier molecular flexibility index (Phi) is 5.37. The smallest absolute Gasteiger partial charge is 0.339 e. The molecule has 134 valence electrons. The number of hydrogen-bond acceptors (Lipinski definition) is 5. The van der Waals surface area contributed by atoms with Crippen LogP contribution in [0.5, 0.6) is 0 Å². The van der Waals surface area contributed by atoms with Crippen LogP contribution in [0.4, 0.5) is 5.69 Å². The highest BCUT2D eigenvalue weighted by Gasteiger charge is 2.27. The molecule has 0 N–H and O–H groups in total. The van der Waals surface area contributed by atoms with E-state index >= 15 is 0 Å². The maximum Gasteiger partial charge on any atom is 0.339 e. The second-order valence-corrected chi connectivity index (χ2v) is 5.73. The lowest BCUT2D eigenvalue weighted by atomic mass is 10.00. The van der Waals surface area contributed by atoms with Crippen molar-refractivity contribution < 1.29 is 19.2 Å². The molecule has 3 rings (SSSR count). The monoisotopic (exact) mass is 361 g/mol. The number of ketones is 1. The number of carbonyl (C=O) groups excluding carboxylic acids is 2. The van der Waals surface area contributed by atoms with Crippen LogP contribution in [0, 0.1) is 10.1 Å². The van der Waals surface area contributed by atoms with Crippen LogP contribution in [0.1, 0.15) is 32.4 Å². The lowest BCUT2D eigenvalue weighted by molar-refractivity contribution is -0.384. The number of nitro groups is 1. The van der Waals surface area contributed by atoms with Crippen molar-refractivity contribution in [3.8, 4) is 0 Å². The van der Waals surface area contributed by atoms with Crippen molar-refractivity contribution >= 4 is 17.4 Å². The standard InChI is InChI=1S/C21H15NO5/c23-19(15-8-3-1-4-9-15)20(16-10-5-2-6-11-16)27-21(24)17-12-7-13-18(14-17)22(25)26/h1-14,20H. The maximum absolute atomic E-state index is 12.9. The molecule has 3 aromatic carbocycles. The molecule has 0 amide bonds. The van der Waals surface area contributed by atoms with E-state index in [1.54, 1.807) is 60.7 Å². The lowest BCUT2D eigenvalue weighted by Gasteiger charge is -2.17. The molecule has 0 radical (unpaired) electrons. The topological polar surface area (TPSA) is 86.5 Å². The summed E-state index contributed by atoms with van der Waals surface area (Å²) in [4.78, 5) is 35.8. The summed E-state index contributed by atoms with van der Waals surface area (Å²) in [7, 11) is 0. The molecule has 0 fully saturated rings. The molecule has 6 heteroatoms. The fourth-order valence-electron chi connectivity index (χ4n) is 2.58. The van der Waals surface area contributed by atoms with Crippen LogP contribution < -0.4 is 0 Å². The molecule has 0 aliphatic carbocycles. The molecule has 0 spiro atoms. The highest BCUT2D eigenvalue weighted by Crippen LogP contribution is 2.25. The number of carbonyl (C=O) groups is 2. The van der Waals surface area contributed by atoms with E-state index in [9.17, 15) is 19.7 Å². The van der Waals surface area contributed by atoms with E-state index in [0.717, 1.165) is 6.07 Å². The third kappa shape index (κ3) is 4.24. The molecule has 0 aliphatic rings. The predicted octanol–water partition coefficient (Wildman–Crippen LogP) is 4.38. The minimum atomic E-state index is -1.15. The Morgan fingerprint density at radius 2 is 1.41 bits per heavy atom. The van der Waals surface area contributed by atoms with E-state index in [0.29, 0.717) is 11.1 Å². The summed E-state index contributed by atoms with van der Waals surface area (Å²) in [6.07, 6.45) is -1.15. The Labute approximate surface area is 155 Å². The summed E-state index contributed by atoms with van der Waals surface area (Å²) < 4.78 is 5.46. The molecule has 1 unspecified atom stereocenters. The second kappa shape index (κ2) is 8.05. The van der Waals surface area contributed by atoms with Gasteiger partial charge in [0.15, 0.2) is 6.10 Å². The fourth-order valence-corrected chi connectivity index (χ4v) is 2.58. The van der Waals surface area contributed by atoms with Crippen molar-refractivity contribution in [2.24, 2.45) is 0 Å². The number of nitrogens with zero attached hydrogens (tertiary/aromatic N) is 1. The number of hydrogen-bond donors (Lipinski definition) is 0. The molecule has 0 saturated carbocycles. The molecular formula is C21H15NO5. The third-order valence-corrected chi connectivity index (χ3v) is 3.92. The number of non-ortho nitro benzene ring substituents is 1. The van der Waals surface area contributed by atoms with Gasteiger partial charge in [0, 0.05) is 23.3 Å². The van der Waals surface area contributed by atoms with Crippen LogP contribution in [-0.4, -0.2) is 16.7 Å². The first kappa shape index (κ1) is 18.0. The molecule has 6 nitrogen and oxygen atoms in total.